The van der Waals surface area contributed by atoms with Crippen molar-refractivity contribution in [3.63, 3.8) is 0 Å². The minimum atomic E-state index is 0.104. The highest BCUT2D eigenvalue weighted by Crippen LogP contribution is 2.35. The molecule has 1 aromatic rings. The van der Waals surface area contributed by atoms with E-state index in [2.05, 4.69) is 54.8 Å². The first-order chi connectivity index (χ1) is 11.3. The van der Waals surface area contributed by atoms with Gasteiger partial charge in [-0.25, -0.2) is 0 Å². The predicted molar refractivity (Wildman–Crippen MR) is 97.1 cm³/mol. The van der Waals surface area contributed by atoms with Gasteiger partial charge in [-0.3, -0.25) is 4.99 Å². The lowest BCUT2D eigenvalue weighted by molar-refractivity contribution is 0.0531. The van der Waals surface area contributed by atoms with Crippen molar-refractivity contribution < 1.29 is 4.74 Å². The highest BCUT2D eigenvalue weighted by atomic mass is 16.5. The molecule has 1 saturated heterocycles. The lowest BCUT2D eigenvalue weighted by atomic mass is 9.74. The number of nitrogens with zero attached hydrogens (tertiary/aromatic N) is 1. The monoisotopic (exact) mass is 317 g/mol. The Hall–Kier alpha value is -1.55. The van der Waals surface area contributed by atoms with Crippen LogP contribution in [0.15, 0.2) is 35.3 Å². The van der Waals surface area contributed by atoms with E-state index in [1.807, 2.05) is 0 Å². The molecule has 0 spiro atoms. The molecule has 0 bridgehead atoms. The van der Waals surface area contributed by atoms with Gasteiger partial charge in [-0.15, -0.1) is 0 Å². The van der Waals surface area contributed by atoms with Gasteiger partial charge in [0, 0.05) is 31.7 Å². The van der Waals surface area contributed by atoms with E-state index in [0.29, 0.717) is 0 Å². The van der Waals surface area contributed by atoms with Crippen LogP contribution < -0.4 is 10.6 Å². The van der Waals surface area contributed by atoms with E-state index in [0.717, 1.165) is 51.6 Å². The molecule has 0 unspecified atom stereocenters. The molecule has 0 aliphatic carbocycles. The van der Waals surface area contributed by atoms with Crippen LogP contribution in [-0.4, -0.2) is 38.8 Å². The zero-order valence-electron chi connectivity index (χ0n) is 14.6. The van der Waals surface area contributed by atoms with Crippen LogP contribution in [0.4, 0.5) is 0 Å². The fourth-order valence-electron chi connectivity index (χ4n) is 3.05. The van der Waals surface area contributed by atoms with Crippen molar-refractivity contribution in [2.75, 3.05) is 32.8 Å². The summed E-state index contributed by atoms with van der Waals surface area (Å²) in [6.07, 6.45) is 4.43. The van der Waals surface area contributed by atoms with Crippen LogP contribution in [0.3, 0.4) is 0 Å². The molecular formula is C19H31N3O. The van der Waals surface area contributed by atoms with Crippen LogP contribution in [0.2, 0.25) is 0 Å². The molecule has 1 aromatic carbocycles. The Morgan fingerprint density at radius 1 is 1.13 bits per heavy atom. The third-order valence-electron chi connectivity index (χ3n) is 4.54. The lowest BCUT2D eigenvalue weighted by Crippen LogP contribution is -2.41. The minimum absolute atomic E-state index is 0.104. The summed E-state index contributed by atoms with van der Waals surface area (Å²) in [6.45, 7) is 8.63. The Morgan fingerprint density at radius 2 is 1.87 bits per heavy atom. The first kappa shape index (κ1) is 17.8. The van der Waals surface area contributed by atoms with E-state index < -0.39 is 0 Å². The van der Waals surface area contributed by atoms with E-state index in [1.165, 1.54) is 18.4 Å². The first-order valence-corrected chi connectivity index (χ1v) is 8.96. The van der Waals surface area contributed by atoms with Crippen LogP contribution >= 0.6 is 0 Å². The predicted octanol–water partition coefficient (Wildman–Crippen LogP) is 3.09. The number of hydrogen-bond acceptors (Lipinski definition) is 2. The first-order valence-electron chi connectivity index (χ1n) is 8.96. The normalized spacial score (nSPS) is 17.7. The summed E-state index contributed by atoms with van der Waals surface area (Å²) in [5.74, 6) is 0.933. The number of hydrogen-bond donors (Lipinski definition) is 2. The van der Waals surface area contributed by atoms with Gasteiger partial charge in [-0.1, -0.05) is 43.7 Å². The quantitative estimate of drug-likeness (QED) is 0.461. The SMILES string of the molecule is CCCCNC(=NCC1(c2ccccc2)CCOCC1)NCC. The molecule has 1 aliphatic rings. The van der Waals surface area contributed by atoms with Gasteiger partial charge in [0.05, 0.1) is 6.54 Å². The van der Waals surface area contributed by atoms with Crippen molar-refractivity contribution in [2.45, 2.75) is 44.9 Å². The second-order valence-corrected chi connectivity index (χ2v) is 6.23. The molecule has 1 fully saturated rings. The Kier molecular flexibility index (Phi) is 7.40. The molecule has 128 valence electrons. The molecule has 4 nitrogen and oxygen atoms in total. The average Bonchev–Trinajstić information content (AvgIpc) is 2.61. The topological polar surface area (TPSA) is 45.7 Å². The molecule has 4 heteroatoms. The summed E-state index contributed by atoms with van der Waals surface area (Å²) in [6, 6.07) is 10.8. The second-order valence-electron chi connectivity index (χ2n) is 6.23. The zero-order chi connectivity index (χ0) is 16.4. The number of benzene rings is 1. The summed E-state index contributed by atoms with van der Waals surface area (Å²) >= 11 is 0. The molecular weight excluding hydrogens is 286 g/mol. The number of rotatable bonds is 7. The zero-order valence-corrected chi connectivity index (χ0v) is 14.6. The molecule has 0 aromatic heterocycles. The van der Waals surface area contributed by atoms with Crippen molar-refractivity contribution >= 4 is 5.96 Å². The Balaban J connectivity index is 2.11. The Morgan fingerprint density at radius 3 is 2.52 bits per heavy atom. The smallest absolute Gasteiger partial charge is 0.191 e. The van der Waals surface area contributed by atoms with Crippen molar-refractivity contribution in [1.29, 1.82) is 0 Å². The van der Waals surface area contributed by atoms with Gasteiger partial charge < -0.3 is 15.4 Å². The third-order valence-corrected chi connectivity index (χ3v) is 4.54. The van der Waals surface area contributed by atoms with Crippen LogP contribution in [-0.2, 0) is 10.2 Å². The fourth-order valence-corrected chi connectivity index (χ4v) is 3.05. The molecule has 2 rings (SSSR count). The van der Waals surface area contributed by atoms with E-state index >= 15 is 0 Å². The number of guanidine groups is 1. The van der Waals surface area contributed by atoms with Gasteiger partial charge in [0.25, 0.3) is 0 Å². The van der Waals surface area contributed by atoms with Gasteiger partial charge in [-0.05, 0) is 31.7 Å². The maximum atomic E-state index is 5.60. The molecule has 1 aliphatic heterocycles. The maximum absolute atomic E-state index is 5.60. The van der Waals surface area contributed by atoms with E-state index in [9.17, 15) is 0 Å². The highest BCUT2D eigenvalue weighted by molar-refractivity contribution is 5.79. The summed E-state index contributed by atoms with van der Waals surface area (Å²) in [4.78, 5) is 4.90. The van der Waals surface area contributed by atoms with Crippen molar-refractivity contribution in [3.05, 3.63) is 35.9 Å². The fraction of sp³-hybridized carbons (Fsp3) is 0.632. The summed E-state index contributed by atoms with van der Waals surface area (Å²) in [5, 5.41) is 6.79. The van der Waals surface area contributed by atoms with Crippen LogP contribution in [0.25, 0.3) is 0 Å². The second kappa shape index (κ2) is 9.56. The number of ether oxygens (including phenoxy) is 1. The van der Waals surface area contributed by atoms with Gasteiger partial charge in [0.15, 0.2) is 5.96 Å². The van der Waals surface area contributed by atoms with Crippen molar-refractivity contribution in [3.8, 4) is 0 Å². The number of unbranched alkanes of at least 4 members (excludes halogenated alkanes) is 1. The largest absolute Gasteiger partial charge is 0.381 e. The van der Waals surface area contributed by atoms with Crippen molar-refractivity contribution in [1.82, 2.24) is 10.6 Å². The van der Waals surface area contributed by atoms with Gasteiger partial charge in [0.2, 0.25) is 0 Å². The average molecular weight is 317 g/mol. The Bertz CT molecular complexity index is 467. The lowest BCUT2D eigenvalue weighted by Gasteiger charge is -2.36. The van der Waals surface area contributed by atoms with Crippen molar-refractivity contribution in [2.24, 2.45) is 4.99 Å². The summed E-state index contributed by atoms with van der Waals surface area (Å²) < 4.78 is 5.60. The number of nitrogens with one attached hydrogen (secondary N) is 2. The maximum Gasteiger partial charge on any atom is 0.191 e. The van der Waals surface area contributed by atoms with Crippen LogP contribution in [0.5, 0.6) is 0 Å². The van der Waals surface area contributed by atoms with Gasteiger partial charge >= 0.3 is 0 Å². The molecule has 2 N–H and O–H groups in total. The van der Waals surface area contributed by atoms with Gasteiger partial charge in [-0.2, -0.15) is 0 Å². The highest BCUT2D eigenvalue weighted by Gasteiger charge is 2.34. The van der Waals surface area contributed by atoms with Crippen LogP contribution in [0, 0.1) is 0 Å². The van der Waals surface area contributed by atoms with E-state index in [4.69, 9.17) is 9.73 Å². The molecule has 0 atom stereocenters. The number of aliphatic imine (C=N–C) groups is 1. The van der Waals surface area contributed by atoms with Crippen LogP contribution in [0.1, 0.15) is 45.1 Å². The summed E-state index contributed by atoms with van der Waals surface area (Å²) in [7, 11) is 0. The van der Waals surface area contributed by atoms with E-state index in [-0.39, 0.29) is 5.41 Å². The molecule has 0 radical (unpaired) electrons. The van der Waals surface area contributed by atoms with E-state index in [1.54, 1.807) is 0 Å². The third kappa shape index (κ3) is 5.24. The molecule has 0 amide bonds. The summed E-state index contributed by atoms with van der Waals surface area (Å²) in [5.41, 5.74) is 1.49. The standard InChI is InChI=1S/C19H31N3O/c1-3-5-13-21-18(20-4-2)22-16-19(11-14-23-15-12-19)17-9-7-6-8-10-17/h6-10H,3-5,11-16H2,1-2H3,(H2,20,21,22). The molecule has 0 saturated carbocycles. The Labute approximate surface area is 140 Å². The molecule has 1 heterocycles. The minimum Gasteiger partial charge on any atom is -0.381 e. The van der Waals surface area contributed by atoms with Gasteiger partial charge in [0.1, 0.15) is 0 Å². The molecule has 23 heavy (non-hydrogen) atoms.